The maximum Gasteiger partial charge on any atom is 0.240 e. The molecule has 0 aliphatic carbocycles. The Hall–Kier alpha value is -1.13. The van der Waals surface area contributed by atoms with Gasteiger partial charge in [0.1, 0.15) is 0 Å². The second kappa shape index (κ2) is 6.57. The van der Waals surface area contributed by atoms with Crippen molar-refractivity contribution in [2.24, 2.45) is 0 Å². The molecule has 0 spiro atoms. The highest BCUT2D eigenvalue weighted by Crippen LogP contribution is 2.09. The lowest BCUT2D eigenvalue weighted by molar-refractivity contribution is 0.585. The number of benzene rings is 1. The first-order valence-electron chi connectivity index (χ1n) is 5.77. The zero-order valence-corrected chi connectivity index (χ0v) is 11.1. The first-order chi connectivity index (χ1) is 8.06. The van der Waals surface area contributed by atoms with E-state index < -0.39 is 10.0 Å². The molecule has 1 aromatic carbocycles. The average molecular weight is 253 g/mol. The minimum absolute atomic E-state index is 0.312. The van der Waals surface area contributed by atoms with Crippen molar-refractivity contribution in [2.45, 2.75) is 31.6 Å². The predicted octanol–water partition coefficient (Wildman–Crippen LogP) is 2.63. The zero-order chi connectivity index (χ0) is 12.7. The monoisotopic (exact) mass is 253 g/mol. The predicted molar refractivity (Wildman–Crippen MR) is 70.4 cm³/mol. The van der Waals surface area contributed by atoms with Gasteiger partial charge in [-0.15, -0.1) is 0 Å². The van der Waals surface area contributed by atoms with Gasteiger partial charge in [-0.25, -0.2) is 13.1 Å². The van der Waals surface area contributed by atoms with Crippen LogP contribution in [0.2, 0.25) is 0 Å². The van der Waals surface area contributed by atoms with E-state index in [0.717, 1.165) is 18.4 Å². The van der Waals surface area contributed by atoms with Crippen molar-refractivity contribution in [3.05, 3.63) is 42.0 Å². The van der Waals surface area contributed by atoms with Crippen LogP contribution in [0.1, 0.15) is 25.3 Å². The molecule has 0 fully saturated rings. The highest BCUT2D eigenvalue weighted by molar-refractivity contribution is 7.89. The summed E-state index contributed by atoms with van der Waals surface area (Å²) in [6, 6.07) is 6.82. The second-order valence-electron chi connectivity index (χ2n) is 3.93. The number of hydrogen-bond acceptors (Lipinski definition) is 2. The Kier molecular flexibility index (Phi) is 5.38. The summed E-state index contributed by atoms with van der Waals surface area (Å²) in [5.41, 5.74) is 1.05. The van der Waals surface area contributed by atoms with Gasteiger partial charge >= 0.3 is 0 Å². The molecule has 1 rings (SSSR count). The molecule has 0 atom stereocenters. The molecule has 0 aliphatic rings. The number of nitrogens with one attached hydrogen (secondary N) is 1. The summed E-state index contributed by atoms with van der Waals surface area (Å²) < 4.78 is 26.2. The smallest absolute Gasteiger partial charge is 0.207 e. The molecule has 0 saturated heterocycles. The highest BCUT2D eigenvalue weighted by Gasteiger charge is 2.11. The lowest BCUT2D eigenvalue weighted by atomic mass is 10.2. The second-order valence-corrected chi connectivity index (χ2v) is 5.69. The van der Waals surface area contributed by atoms with E-state index in [1.165, 1.54) is 0 Å². The molecular weight excluding hydrogens is 234 g/mol. The summed E-state index contributed by atoms with van der Waals surface area (Å²) in [4.78, 5) is 0.312. The van der Waals surface area contributed by atoms with Crippen LogP contribution in [0.15, 0.2) is 41.3 Å². The normalized spacial score (nSPS) is 12.1. The zero-order valence-electron chi connectivity index (χ0n) is 10.3. The molecule has 0 bridgehead atoms. The molecule has 0 amide bonds. The van der Waals surface area contributed by atoms with Crippen LogP contribution in [0, 0.1) is 6.92 Å². The van der Waals surface area contributed by atoms with Crippen molar-refractivity contribution in [1.82, 2.24) is 4.72 Å². The minimum Gasteiger partial charge on any atom is -0.207 e. The van der Waals surface area contributed by atoms with Gasteiger partial charge in [-0.2, -0.15) is 0 Å². The summed E-state index contributed by atoms with van der Waals surface area (Å²) in [6.45, 7) is 4.36. The molecule has 3 nitrogen and oxygen atoms in total. The summed E-state index contributed by atoms with van der Waals surface area (Å²) in [6.07, 6.45) is 5.88. The van der Waals surface area contributed by atoms with Crippen molar-refractivity contribution in [3.8, 4) is 0 Å². The van der Waals surface area contributed by atoms with Crippen molar-refractivity contribution in [2.75, 3.05) is 6.54 Å². The van der Waals surface area contributed by atoms with Gasteiger partial charge < -0.3 is 0 Å². The standard InChI is InChI=1S/C13H19NO2S/c1-3-4-5-6-11-14-17(15,16)13-9-7-12(2)8-10-13/h5-10,14H,3-4,11H2,1-2H3/b6-5+. The van der Waals surface area contributed by atoms with Crippen molar-refractivity contribution >= 4 is 10.0 Å². The third kappa shape index (κ3) is 4.71. The molecule has 17 heavy (non-hydrogen) atoms. The fraction of sp³-hybridized carbons (Fsp3) is 0.385. The van der Waals surface area contributed by atoms with Crippen molar-refractivity contribution in [3.63, 3.8) is 0 Å². The number of unbranched alkanes of at least 4 members (excludes halogenated alkanes) is 1. The summed E-state index contributed by atoms with van der Waals surface area (Å²) in [5, 5.41) is 0. The molecular formula is C13H19NO2S. The number of rotatable bonds is 6. The Morgan fingerprint density at radius 2 is 1.82 bits per heavy atom. The number of aryl methyl sites for hydroxylation is 1. The quantitative estimate of drug-likeness (QED) is 0.792. The molecule has 0 unspecified atom stereocenters. The van der Waals surface area contributed by atoms with Gasteiger partial charge in [0.2, 0.25) is 10.0 Å². The van der Waals surface area contributed by atoms with E-state index in [4.69, 9.17) is 0 Å². The van der Waals surface area contributed by atoms with Crippen molar-refractivity contribution < 1.29 is 8.42 Å². The van der Waals surface area contributed by atoms with Gasteiger partial charge in [0.25, 0.3) is 0 Å². The van der Waals surface area contributed by atoms with E-state index in [-0.39, 0.29) is 0 Å². The number of allylic oxidation sites excluding steroid dienone is 1. The van der Waals surface area contributed by atoms with Crippen LogP contribution in [0.5, 0.6) is 0 Å². The molecule has 1 N–H and O–H groups in total. The topological polar surface area (TPSA) is 46.2 Å². The van der Waals surface area contributed by atoms with Crippen LogP contribution in [0.3, 0.4) is 0 Å². The third-order valence-electron chi connectivity index (χ3n) is 2.34. The Morgan fingerprint density at radius 3 is 2.41 bits per heavy atom. The maximum absolute atomic E-state index is 11.8. The van der Waals surface area contributed by atoms with E-state index >= 15 is 0 Å². The minimum atomic E-state index is -3.37. The van der Waals surface area contributed by atoms with Crippen LogP contribution < -0.4 is 4.72 Å². The van der Waals surface area contributed by atoms with E-state index in [0.29, 0.717) is 11.4 Å². The molecule has 0 aromatic heterocycles. The first-order valence-corrected chi connectivity index (χ1v) is 7.26. The Balaban J connectivity index is 2.60. The van der Waals surface area contributed by atoms with E-state index in [9.17, 15) is 8.42 Å². The molecule has 0 radical (unpaired) electrons. The molecule has 1 aromatic rings. The Morgan fingerprint density at radius 1 is 1.18 bits per heavy atom. The third-order valence-corrected chi connectivity index (χ3v) is 3.78. The van der Waals surface area contributed by atoms with E-state index in [1.54, 1.807) is 24.3 Å². The van der Waals surface area contributed by atoms with Gasteiger partial charge in [-0.1, -0.05) is 43.2 Å². The van der Waals surface area contributed by atoms with Gasteiger partial charge in [-0.05, 0) is 25.5 Å². The van der Waals surface area contributed by atoms with Crippen molar-refractivity contribution in [1.29, 1.82) is 0 Å². The lowest BCUT2D eigenvalue weighted by Crippen LogP contribution is -2.23. The first kappa shape index (κ1) is 13.9. The number of sulfonamides is 1. The Labute approximate surface area is 104 Å². The largest absolute Gasteiger partial charge is 0.240 e. The maximum atomic E-state index is 11.8. The highest BCUT2D eigenvalue weighted by atomic mass is 32.2. The Bertz CT molecular complexity index is 461. The molecule has 4 heteroatoms. The summed E-state index contributed by atoms with van der Waals surface area (Å²) in [7, 11) is -3.37. The lowest BCUT2D eigenvalue weighted by Gasteiger charge is -2.04. The van der Waals surface area contributed by atoms with Gasteiger partial charge in [-0.3, -0.25) is 0 Å². The average Bonchev–Trinajstić information content (AvgIpc) is 2.29. The summed E-state index contributed by atoms with van der Waals surface area (Å²) >= 11 is 0. The van der Waals surface area contributed by atoms with Gasteiger partial charge in [0, 0.05) is 6.54 Å². The fourth-order valence-corrected chi connectivity index (χ4v) is 2.30. The van der Waals surface area contributed by atoms with E-state index in [1.807, 2.05) is 19.1 Å². The molecule has 0 heterocycles. The van der Waals surface area contributed by atoms with E-state index in [2.05, 4.69) is 11.6 Å². The van der Waals surface area contributed by atoms with Crippen LogP contribution in [-0.2, 0) is 10.0 Å². The van der Waals surface area contributed by atoms with Crippen LogP contribution in [-0.4, -0.2) is 15.0 Å². The molecule has 0 saturated carbocycles. The van der Waals surface area contributed by atoms with Crippen LogP contribution >= 0.6 is 0 Å². The number of hydrogen-bond donors (Lipinski definition) is 1. The van der Waals surface area contributed by atoms with Crippen LogP contribution in [0.25, 0.3) is 0 Å². The fourth-order valence-electron chi connectivity index (χ4n) is 1.33. The SMILES string of the molecule is CCC/C=C/CNS(=O)(=O)c1ccc(C)cc1. The molecule has 94 valence electrons. The molecule has 0 aliphatic heterocycles. The summed E-state index contributed by atoms with van der Waals surface area (Å²) in [5.74, 6) is 0. The van der Waals surface area contributed by atoms with Gasteiger partial charge in [0.05, 0.1) is 4.90 Å². The van der Waals surface area contributed by atoms with Gasteiger partial charge in [0.15, 0.2) is 0 Å². The van der Waals surface area contributed by atoms with Crippen LogP contribution in [0.4, 0.5) is 0 Å².